The maximum atomic E-state index is 13.3. The number of thiazole rings is 1. The van der Waals surface area contributed by atoms with Crippen molar-refractivity contribution in [3.8, 4) is 5.75 Å². The fourth-order valence-corrected chi connectivity index (χ4v) is 4.45. The molecule has 0 amide bonds. The number of rotatable bonds is 5. The van der Waals surface area contributed by atoms with E-state index in [0.717, 1.165) is 5.56 Å². The number of aromatic nitrogens is 1. The van der Waals surface area contributed by atoms with Crippen molar-refractivity contribution < 1.29 is 18.7 Å². The molecule has 8 heteroatoms. The highest BCUT2D eigenvalue weighted by Gasteiger charge is 2.33. The molecule has 7 nitrogen and oxygen atoms in total. The Labute approximate surface area is 176 Å². The van der Waals surface area contributed by atoms with E-state index in [2.05, 4.69) is 4.99 Å². The van der Waals surface area contributed by atoms with Gasteiger partial charge in [0.05, 0.1) is 41.8 Å². The summed E-state index contributed by atoms with van der Waals surface area (Å²) in [6.45, 7) is 3.72. The number of hydrogen-bond acceptors (Lipinski definition) is 7. The third kappa shape index (κ3) is 3.50. The van der Waals surface area contributed by atoms with Crippen LogP contribution in [0.25, 0.3) is 6.08 Å². The molecule has 1 atom stereocenters. The number of carbonyl (C=O) groups excluding carboxylic acids is 1. The predicted molar refractivity (Wildman–Crippen MR) is 112 cm³/mol. The average molecular weight is 424 g/mol. The van der Waals surface area contributed by atoms with E-state index in [1.165, 1.54) is 15.9 Å². The summed E-state index contributed by atoms with van der Waals surface area (Å²) in [6.07, 6.45) is 3.22. The second kappa shape index (κ2) is 8.16. The summed E-state index contributed by atoms with van der Waals surface area (Å²) in [4.78, 5) is 31.2. The molecule has 0 fully saturated rings. The lowest BCUT2D eigenvalue weighted by Gasteiger charge is -2.24. The molecule has 0 bridgehead atoms. The van der Waals surface area contributed by atoms with Gasteiger partial charge in [0.2, 0.25) is 0 Å². The number of carbonyl (C=O) groups is 1. The van der Waals surface area contributed by atoms with Crippen molar-refractivity contribution in [2.75, 3.05) is 13.7 Å². The number of nitrogens with zero attached hydrogens (tertiary/aromatic N) is 2. The molecule has 1 aromatic carbocycles. The zero-order chi connectivity index (χ0) is 21.3. The third-order valence-electron chi connectivity index (χ3n) is 4.74. The Morgan fingerprint density at radius 2 is 2.17 bits per heavy atom. The van der Waals surface area contributed by atoms with Crippen molar-refractivity contribution in [2.45, 2.75) is 19.9 Å². The lowest BCUT2D eigenvalue weighted by molar-refractivity contribution is -0.139. The first-order chi connectivity index (χ1) is 14.5. The van der Waals surface area contributed by atoms with Gasteiger partial charge < -0.3 is 13.9 Å². The van der Waals surface area contributed by atoms with Crippen LogP contribution in [0, 0.1) is 0 Å². The van der Waals surface area contributed by atoms with Crippen LogP contribution in [0.5, 0.6) is 5.75 Å². The summed E-state index contributed by atoms with van der Waals surface area (Å²) in [7, 11) is 1.57. The van der Waals surface area contributed by atoms with Crippen LogP contribution >= 0.6 is 11.3 Å². The van der Waals surface area contributed by atoms with Crippen LogP contribution < -0.4 is 19.6 Å². The Bertz CT molecular complexity index is 1300. The maximum Gasteiger partial charge on any atom is 0.338 e. The Kier molecular flexibility index (Phi) is 5.41. The van der Waals surface area contributed by atoms with Gasteiger partial charge >= 0.3 is 5.97 Å². The highest BCUT2D eigenvalue weighted by molar-refractivity contribution is 7.07. The van der Waals surface area contributed by atoms with Crippen LogP contribution in [-0.4, -0.2) is 24.3 Å². The van der Waals surface area contributed by atoms with Crippen molar-refractivity contribution in [3.05, 3.63) is 84.9 Å². The van der Waals surface area contributed by atoms with Gasteiger partial charge in [0.25, 0.3) is 5.56 Å². The number of furan rings is 1. The molecule has 1 aliphatic rings. The van der Waals surface area contributed by atoms with Gasteiger partial charge in [-0.15, -0.1) is 0 Å². The van der Waals surface area contributed by atoms with Gasteiger partial charge in [-0.1, -0.05) is 23.5 Å². The summed E-state index contributed by atoms with van der Waals surface area (Å²) in [5, 5.41) is 0. The first kappa shape index (κ1) is 19.9. The molecule has 0 saturated carbocycles. The summed E-state index contributed by atoms with van der Waals surface area (Å²) >= 11 is 1.25. The quantitative estimate of drug-likeness (QED) is 0.588. The Morgan fingerprint density at radius 3 is 2.87 bits per heavy atom. The molecule has 1 unspecified atom stereocenters. The van der Waals surface area contributed by atoms with Gasteiger partial charge in [0.15, 0.2) is 4.80 Å². The number of benzene rings is 1. The molecule has 1 aliphatic heterocycles. The van der Waals surface area contributed by atoms with E-state index < -0.39 is 12.0 Å². The standard InChI is InChI=1S/C22H20N2O5S/c1-4-28-21(26)18-13(2)23-22-24(19(18)14-7-5-8-15(11-14)27-3)20(25)17(30-22)12-16-9-6-10-29-16/h5-12,19H,4H2,1-3H3/b17-12-. The van der Waals surface area contributed by atoms with Gasteiger partial charge in [-0.3, -0.25) is 9.36 Å². The summed E-state index contributed by atoms with van der Waals surface area (Å²) in [6, 6.07) is 10.2. The monoisotopic (exact) mass is 424 g/mol. The minimum absolute atomic E-state index is 0.226. The van der Waals surface area contributed by atoms with Crippen molar-refractivity contribution >= 4 is 23.4 Å². The lowest BCUT2D eigenvalue weighted by Crippen LogP contribution is -2.39. The molecule has 3 heterocycles. The molecule has 0 radical (unpaired) electrons. The number of ether oxygens (including phenoxy) is 2. The van der Waals surface area contributed by atoms with Crippen LogP contribution in [0.4, 0.5) is 0 Å². The van der Waals surface area contributed by atoms with Gasteiger partial charge in [0, 0.05) is 6.08 Å². The van der Waals surface area contributed by atoms with Crippen LogP contribution in [0.2, 0.25) is 0 Å². The zero-order valence-corrected chi connectivity index (χ0v) is 17.6. The molecule has 0 spiro atoms. The highest BCUT2D eigenvalue weighted by atomic mass is 32.1. The molecule has 154 valence electrons. The summed E-state index contributed by atoms with van der Waals surface area (Å²) in [5.74, 6) is 0.703. The van der Waals surface area contributed by atoms with Crippen molar-refractivity contribution in [1.29, 1.82) is 0 Å². The third-order valence-corrected chi connectivity index (χ3v) is 5.73. The van der Waals surface area contributed by atoms with E-state index in [-0.39, 0.29) is 12.2 Å². The van der Waals surface area contributed by atoms with Gasteiger partial charge in [-0.2, -0.15) is 0 Å². The van der Waals surface area contributed by atoms with Crippen LogP contribution in [-0.2, 0) is 9.53 Å². The molecule has 3 aromatic rings. The average Bonchev–Trinajstić information content (AvgIpc) is 3.35. The molecule has 0 N–H and O–H groups in total. The van der Waals surface area contributed by atoms with E-state index in [4.69, 9.17) is 13.9 Å². The highest BCUT2D eigenvalue weighted by Crippen LogP contribution is 2.32. The van der Waals surface area contributed by atoms with Crippen molar-refractivity contribution in [2.24, 2.45) is 4.99 Å². The smallest absolute Gasteiger partial charge is 0.338 e. The first-order valence-corrected chi connectivity index (χ1v) is 10.2. The topological polar surface area (TPSA) is 83.0 Å². The normalized spacial score (nSPS) is 16.2. The Balaban J connectivity index is 1.98. The number of esters is 1. The number of methoxy groups -OCH3 is 1. The van der Waals surface area contributed by atoms with Crippen molar-refractivity contribution in [3.63, 3.8) is 0 Å². The van der Waals surface area contributed by atoms with Crippen LogP contribution in [0.3, 0.4) is 0 Å². The molecule has 30 heavy (non-hydrogen) atoms. The van der Waals surface area contributed by atoms with E-state index >= 15 is 0 Å². The minimum atomic E-state index is -0.672. The second-order valence-electron chi connectivity index (χ2n) is 6.59. The number of fused-ring (bicyclic) bond motifs is 1. The fraction of sp³-hybridized carbons (Fsp3) is 0.227. The van der Waals surface area contributed by atoms with E-state index in [0.29, 0.717) is 32.1 Å². The van der Waals surface area contributed by atoms with Gasteiger partial charge in [0.1, 0.15) is 11.5 Å². The van der Waals surface area contributed by atoms with Crippen LogP contribution in [0.1, 0.15) is 31.2 Å². The Morgan fingerprint density at radius 1 is 1.33 bits per heavy atom. The van der Waals surface area contributed by atoms with E-state index in [9.17, 15) is 9.59 Å². The summed E-state index contributed by atoms with van der Waals surface area (Å²) < 4.78 is 18.0. The molecule has 2 aromatic heterocycles. The molecule has 0 aliphatic carbocycles. The lowest BCUT2D eigenvalue weighted by atomic mass is 9.95. The van der Waals surface area contributed by atoms with E-state index in [1.807, 2.05) is 24.3 Å². The van der Waals surface area contributed by atoms with Crippen LogP contribution in [0.15, 0.2) is 68.1 Å². The molecule has 4 rings (SSSR count). The number of allylic oxidation sites excluding steroid dienone is 1. The summed E-state index contributed by atoms with van der Waals surface area (Å²) in [5.41, 5.74) is 1.34. The fourth-order valence-electron chi connectivity index (χ4n) is 3.42. The van der Waals surface area contributed by atoms with E-state index in [1.54, 1.807) is 45.4 Å². The first-order valence-electron chi connectivity index (χ1n) is 9.40. The van der Waals surface area contributed by atoms with Crippen molar-refractivity contribution in [1.82, 2.24) is 4.57 Å². The zero-order valence-electron chi connectivity index (χ0n) is 16.7. The Hall–Kier alpha value is -3.39. The minimum Gasteiger partial charge on any atom is -0.497 e. The molecule has 0 saturated heterocycles. The molecular formula is C22H20N2O5S. The SMILES string of the molecule is CCOC(=O)C1=C(C)N=c2s/c(=C\c3ccco3)c(=O)n2C1c1cccc(OC)c1. The maximum absolute atomic E-state index is 13.3. The number of hydrogen-bond donors (Lipinski definition) is 0. The molecular weight excluding hydrogens is 404 g/mol. The van der Waals surface area contributed by atoms with Gasteiger partial charge in [-0.25, -0.2) is 9.79 Å². The van der Waals surface area contributed by atoms with Gasteiger partial charge in [-0.05, 0) is 43.7 Å². The largest absolute Gasteiger partial charge is 0.497 e. The second-order valence-corrected chi connectivity index (χ2v) is 7.60. The predicted octanol–water partition coefficient (Wildman–Crippen LogP) is 2.40.